The third kappa shape index (κ3) is 7.07. The second-order valence-corrected chi connectivity index (χ2v) is 6.91. The Morgan fingerprint density at radius 3 is 2.19 bits per heavy atom. The number of carbonyl (C=O) groups excluding carboxylic acids is 3. The van der Waals surface area contributed by atoms with Crippen LogP contribution in [0.1, 0.15) is 28.4 Å². The number of hydrogen-bond donors (Lipinski definition) is 0. The number of quaternary nitrogens is 1. The van der Waals surface area contributed by atoms with Crippen LogP contribution in [-0.2, 0) is 20.9 Å². The minimum atomic E-state index is -0.805. The SMILES string of the molecule is CC(=O)C(=O)OCC[N+](C)(C)Cc1cccc(C(=O)c2ccccc2)c1.[Br-]. The largest absolute Gasteiger partial charge is 1.00 e. The van der Waals surface area contributed by atoms with E-state index in [1.807, 2.05) is 56.6 Å². The molecule has 2 aromatic carbocycles. The van der Waals surface area contributed by atoms with E-state index in [4.69, 9.17) is 4.74 Å². The van der Waals surface area contributed by atoms with Gasteiger partial charge < -0.3 is 26.2 Å². The van der Waals surface area contributed by atoms with Gasteiger partial charge in [-0.25, -0.2) is 4.79 Å². The Hall–Kier alpha value is -2.31. The molecule has 0 aliphatic heterocycles. The summed E-state index contributed by atoms with van der Waals surface area (Å²) in [6.07, 6.45) is 0. The predicted octanol–water partition coefficient (Wildman–Crippen LogP) is -0.370. The second kappa shape index (κ2) is 10.1. The maximum absolute atomic E-state index is 12.6. The molecule has 0 fully saturated rings. The molecular formula is C21H24BrNO4. The number of carbonyl (C=O) groups is 3. The number of nitrogens with zero attached hydrogens (tertiary/aromatic N) is 1. The van der Waals surface area contributed by atoms with Crippen molar-refractivity contribution in [3.63, 3.8) is 0 Å². The van der Waals surface area contributed by atoms with E-state index in [1.54, 1.807) is 12.1 Å². The second-order valence-electron chi connectivity index (χ2n) is 6.91. The Morgan fingerprint density at radius 1 is 0.926 bits per heavy atom. The standard InChI is InChI=1S/C21H24NO4.BrH/c1-16(23)21(25)26-13-12-22(2,3)15-17-8-7-11-19(14-17)20(24)18-9-5-4-6-10-18;/h4-11,14H,12-13,15H2,1-3H3;1H/q+1;/p-1. The summed E-state index contributed by atoms with van der Waals surface area (Å²) in [6, 6.07) is 16.7. The van der Waals surface area contributed by atoms with E-state index in [1.165, 1.54) is 6.92 Å². The molecule has 0 saturated heterocycles. The van der Waals surface area contributed by atoms with Crippen molar-refractivity contribution in [3.8, 4) is 0 Å². The summed E-state index contributed by atoms with van der Waals surface area (Å²) >= 11 is 0. The number of hydrogen-bond acceptors (Lipinski definition) is 4. The lowest BCUT2D eigenvalue weighted by atomic mass is 10.0. The van der Waals surface area contributed by atoms with Crippen LogP contribution in [0.2, 0.25) is 0 Å². The monoisotopic (exact) mass is 433 g/mol. The first kappa shape index (κ1) is 22.7. The molecule has 0 spiro atoms. The highest BCUT2D eigenvalue weighted by Crippen LogP contribution is 2.15. The average molecular weight is 434 g/mol. The van der Waals surface area contributed by atoms with E-state index >= 15 is 0 Å². The van der Waals surface area contributed by atoms with Gasteiger partial charge in [0.25, 0.3) is 0 Å². The van der Waals surface area contributed by atoms with Crippen molar-refractivity contribution in [2.75, 3.05) is 27.2 Å². The molecule has 0 bridgehead atoms. The van der Waals surface area contributed by atoms with Gasteiger partial charge in [-0.15, -0.1) is 0 Å². The summed E-state index contributed by atoms with van der Waals surface area (Å²) in [7, 11) is 4.01. The van der Waals surface area contributed by atoms with E-state index in [0.29, 0.717) is 28.7 Å². The van der Waals surface area contributed by atoms with E-state index in [9.17, 15) is 14.4 Å². The third-order valence-electron chi connectivity index (χ3n) is 4.05. The Labute approximate surface area is 170 Å². The van der Waals surface area contributed by atoms with Crippen LogP contribution in [0.15, 0.2) is 54.6 Å². The maximum atomic E-state index is 12.6. The van der Waals surface area contributed by atoms with Crippen molar-refractivity contribution >= 4 is 17.5 Å². The molecule has 0 atom stereocenters. The van der Waals surface area contributed by atoms with Crippen molar-refractivity contribution in [2.45, 2.75) is 13.5 Å². The normalized spacial score (nSPS) is 10.6. The number of likely N-dealkylation sites (N-methyl/N-ethyl adjacent to an activating group) is 1. The van der Waals surface area contributed by atoms with Crippen LogP contribution >= 0.6 is 0 Å². The molecule has 0 aliphatic carbocycles. The first-order valence-corrected chi connectivity index (χ1v) is 8.47. The van der Waals surface area contributed by atoms with E-state index in [-0.39, 0.29) is 29.4 Å². The Morgan fingerprint density at radius 2 is 1.56 bits per heavy atom. The van der Waals surface area contributed by atoms with Crippen LogP contribution in [-0.4, -0.2) is 49.3 Å². The molecule has 6 heteroatoms. The lowest BCUT2D eigenvalue weighted by Crippen LogP contribution is -3.00. The van der Waals surface area contributed by atoms with Gasteiger partial charge in [-0.2, -0.15) is 0 Å². The number of esters is 1. The van der Waals surface area contributed by atoms with Crippen LogP contribution < -0.4 is 17.0 Å². The van der Waals surface area contributed by atoms with Crippen LogP contribution in [0.5, 0.6) is 0 Å². The fourth-order valence-corrected chi connectivity index (χ4v) is 2.63. The van der Waals surface area contributed by atoms with Gasteiger partial charge in [0.2, 0.25) is 5.78 Å². The van der Waals surface area contributed by atoms with Gasteiger partial charge in [0.1, 0.15) is 19.7 Å². The molecule has 27 heavy (non-hydrogen) atoms. The van der Waals surface area contributed by atoms with Crippen LogP contribution in [0, 0.1) is 0 Å². The third-order valence-corrected chi connectivity index (χ3v) is 4.05. The minimum absolute atomic E-state index is 0. The Kier molecular flexibility index (Phi) is 8.53. The molecule has 144 valence electrons. The fraction of sp³-hybridized carbons (Fsp3) is 0.286. The van der Waals surface area contributed by atoms with Gasteiger partial charge in [0.05, 0.1) is 14.1 Å². The quantitative estimate of drug-likeness (QED) is 0.246. The van der Waals surface area contributed by atoms with Gasteiger partial charge in [0, 0.05) is 23.6 Å². The topological polar surface area (TPSA) is 60.4 Å². The van der Waals surface area contributed by atoms with Gasteiger partial charge in [-0.3, -0.25) is 9.59 Å². The molecule has 0 heterocycles. The zero-order chi connectivity index (χ0) is 19.2. The highest BCUT2D eigenvalue weighted by Gasteiger charge is 2.19. The first-order valence-electron chi connectivity index (χ1n) is 8.47. The van der Waals surface area contributed by atoms with E-state index in [0.717, 1.165) is 5.56 Å². The van der Waals surface area contributed by atoms with Crippen molar-refractivity contribution in [1.29, 1.82) is 0 Å². The molecule has 2 aromatic rings. The molecular weight excluding hydrogens is 410 g/mol. The molecule has 0 amide bonds. The maximum Gasteiger partial charge on any atom is 0.374 e. The molecule has 0 unspecified atom stereocenters. The Bertz CT molecular complexity index is 803. The molecule has 2 rings (SSSR count). The summed E-state index contributed by atoms with van der Waals surface area (Å²) in [5, 5.41) is 0. The zero-order valence-electron chi connectivity index (χ0n) is 15.8. The predicted molar refractivity (Wildman–Crippen MR) is 98.6 cm³/mol. The summed E-state index contributed by atoms with van der Waals surface area (Å²) < 4.78 is 5.50. The number of Topliss-reactive ketones (excluding diaryl/α,β-unsaturated/α-hetero) is 1. The van der Waals surface area contributed by atoms with Crippen LogP contribution in [0.3, 0.4) is 0 Å². The Balaban J connectivity index is 0.00000364. The average Bonchev–Trinajstić information content (AvgIpc) is 2.61. The molecule has 0 aliphatic rings. The summed E-state index contributed by atoms with van der Waals surface area (Å²) in [5.74, 6) is -1.41. The summed E-state index contributed by atoms with van der Waals surface area (Å²) in [4.78, 5) is 34.7. The number of ether oxygens (including phenoxy) is 1. The number of benzene rings is 2. The lowest BCUT2D eigenvalue weighted by molar-refractivity contribution is -0.903. The van der Waals surface area contributed by atoms with Crippen LogP contribution in [0.25, 0.3) is 0 Å². The van der Waals surface area contributed by atoms with Gasteiger partial charge >= 0.3 is 5.97 Å². The highest BCUT2D eigenvalue weighted by molar-refractivity contribution is 6.32. The molecule has 0 N–H and O–H groups in total. The molecule has 0 radical (unpaired) electrons. The summed E-state index contributed by atoms with van der Waals surface area (Å²) in [5.41, 5.74) is 2.33. The zero-order valence-corrected chi connectivity index (χ0v) is 17.4. The molecule has 0 aromatic heterocycles. The van der Waals surface area contributed by atoms with Gasteiger partial charge in [-0.1, -0.05) is 48.5 Å². The minimum Gasteiger partial charge on any atom is -1.00 e. The number of rotatable bonds is 8. The van der Waals surface area contributed by atoms with Gasteiger partial charge in [0.15, 0.2) is 5.78 Å². The first-order chi connectivity index (χ1) is 12.3. The van der Waals surface area contributed by atoms with Gasteiger partial charge in [-0.05, 0) is 6.07 Å². The fourth-order valence-electron chi connectivity index (χ4n) is 2.63. The van der Waals surface area contributed by atoms with Crippen molar-refractivity contribution in [3.05, 3.63) is 71.3 Å². The van der Waals surface area contributed by atoms with Crippen molar-refractivity contribution in [2.24, 2.45) is 0 Å². The number of ketones is 2. The number of halogens is 1. The molecule has 5 nitrogen and oxygen atoms in total. The molecule has 0 saturated carbocycles. The lowest BCUT2D eigenvalue weighted by Gasteiger charge is -2.29. The summed E-state index contributed by atoms with van der Waals surface area (Å²) in [6.45, 7) is 2.61. The van der Waals surface area contributed by atoms with Crippen LogP contribution in [0.4, 0.5) is 0 Å². The van der Waals surface area contributed by atoms with E-state index in [2.05, 4.69) is 0 Å². The smallest absolute Gasteiger partial charge is 0.374 e. The van der Waals surface area contributed by atoms with Crippen molar-refractivity contribution in [1.82, 2.24) is 0 Å². The van der Waals surface area contributed by atoms with Crippen molar-refractivity contribution < 1.29 is 40.6 Å². The van der Waals surface area contributed by atoms with E-state index < -0.39 is 11.8 Å². The highest BCUT2D eigenvalue weighted by atomic mass is 79.9.